The fourth-order valence-electron chi connectivity index (χ4n) is 10.2. The average Bonchev–Trinajstić information content (AvgIpc) is 3.43. The van der Waals surface area contributed by atoms with Gasteiger partial charge in [-0.3, -0.25) is 14.4 Å². The normalized spacial score (nSPS) is 12.3. The third-order valence-corrected chi connectivity index (χ3v) is 15.3. The lowest BCUT2D eigenvalue weighted by atomic mass is 10.0. The molecule has 0 spiro atoms. The SMILES string of the molecule is CC/C=C\C/C=C\C/C=C\CCCCCCCCCC(=O)OC(COC(=O)CCCCCCC/C=C\CCCC)COC(=O)CCCCCCCCCCCCCCCCCCCCCCCCCCCCCCCCC. The molecule has 0 N–H and O–H groups in total. The monoisotopic (exact) mass is 1080 g/mol. The van der Waals surface area contributed by atoms with Gasteiger partial charge in [-0.05, 0) is 70.6 Å². The summed E-state index contributed by atoms with van der Waals surface area (Å²) in [6.45, 7) is 6.53. The van der Waals surface area contributed by atoms with Crippen molar-refractivity contribution in [2.45, 2.75) is 374 Å². The van der Waals surface area contributed by atoms with Crippen molar-refractivity contribution in [3.8, 4) is 0 Å². The molecule has 1 unspecified atom stereocenters. The van der Waals surface area contributed by atoms with Crippen LogP contribution in [0.4, 0.5) is 0 Å². The minimum Gasteiger partial charge on any atom is -0.462 e. The Morgan fingerprint density at radius 1 is 0.273 bits per heavy atom. The van der Waals surface area contributed by atoms with E-state index in [0.717, 1.165) is 89.9 Å². The van der Waals surface area contributed by atoms with E-state index in [1.54, 1.807) is 0 Å². The number of carbonyl (C=O) groups excluding carboxylic acids is 3. The van der Waals surface area contributed by atoms with Crippen LogP contribution >= 0.6 is 0 Å². The third-order valence-electron chi connectivity index (χ3n) is 15.3. The molecule has 0 saturated heterocycles. The molecule has 0 aliphatic carbocycles. The van der Waals surface area contributed by atoms with Crippen LogP contribution in [0, 0.1) is 0 Å². The van der Waals surface area contributed by atoms with E-state index in [0.29, 0.717) is 19.3 Å². The van der Waals surface area contributed by atoms with Crippen molar-refractivity contribution < 1.29 is 28.6 Å². The Hall–Kier alpha value is -2.63. The van der Waals surface area contributed by atoms with Gasteiger partial charge in [0.2, 0.25) is 0 Å². The summed E-state index contributed by atoms with van der Waals surface area (Å²) in [6.07, 6.45) is 83.0. The van der Waals surface area contributed by atoms with E-state index in [1.807, 2.05) is 0 Å². The zero-order valence-electron chi connectivity index (χ0n) is 51.7. The van der Waals surface area contributed by atoms with Gasteiger partial charge in [0.25, 0.3) is 0 Å². The molecule has 6 nitrogen and oxygen atoms in total. The van der Waals surface area contributed by atoms with Crippen molar-refractivity contribution in [2.75, 3.05) is 13.2 Å². The summed E-state index contributed by atoms with van der Waals surface area (Å²) in [7, 11) is 0. The first-order valence-electron chi connectivity index (χ1n) is 34.1. The number of unbranched alkanes of at least 4 members (excludes halogenated alkanes) is 44. The fraction of sp³-hybridized carbons (Fsp3) is 0.845. The van der Waals surface area contributed by atoms with Crippen LogP contribution in [0.1, 0.15) is 367 Å². The van der Waals surface area contributed by atoms with Crippen LogP contribution in [0.25, 0.3) is 0 Å². The molecule has 0 rings (SSSR count). The van der Waals surface area contributed by atoms with Crippen LogP contribution in [-0.2, 0) is 28.6 Å². The lowest BCUT2D eigenvalue weighted by Crippen LogP contribution is -2.30. The summed E-state index contributed by atoms with van der Waals surface area (Å²) >= 11 is 0. The van der Waals surface area contributed by atoms with E-state index in [1.165, 1.54) is 238 Å². The van der Waals surface area contributed by atoms with Crippen LogP contribution in [0.5, 0.6) is 0 Å². The van der Waals surface area contributed by atoms with Gasteiger partial charge in [-0.1, -0.05) is 326 Å². The van der Waals surface area contributed by atoms with Crippen molar-refractivity contribution in [2.24, 2.45) is 0 Å². The van der Waals surface area contributed by atoms with Gasteiger partial charge in [0.05, 0.1) is 0 Å². The highest BCUT2D eigenvalue weighted by Gasteiger charge is 2.19. The van der Waals surface area contributed by atoms with Gasteiger partial charge in [0, 0.05) is 19.3 Å². The molecule has 0 aromatic heterocycles. The zero-order chi connectivity index (χ0) is 55.7. The maximum atomic E-state index is 12.9. The van der Waals surface area contributed by atoms with E-state index >= 15 is 0 Å². The van der Waals surface area contributed by atoms with Gasteiger partial charge >= 0.3 is 17.9 Å². The molecule has 0 saturated carbocycles. The number of esters is 3. The molecule has 0 heterocycles. The van der Waals surface area contributed by atoms with E-state index in [2.05, 4.69) is 69.4 Å². The minimum atomic E-state index is -0.780. The highest BCUT2D eigenvalue weighted by atomic mass is 16.6. The summed E-state index contributed by atoms with van der Waals surface area (Å²) in [6, 6.07) is 0. The molecule has 6 heteroatoms. The van der Waals surface area contributed by atoms with Crippen molar-refractivity contribution in [3.05, 3.63) is 48.6 Å². The molecule has 0 amide bonds. The Balaban J connectivity index is 4.10. The summed E-state index contributed by atoms with van der Waals surface area (Å²) in [5.41, 5.74) is 0. The summed E-state index contributed by atoms with van der Waals surface area (Å²) in [4.78, 5) is 38.3. The second kappa shape index (κ2) is 65.9. The topological polar surface area (TPSA) is 78.9 Å². The Bertz CT molecular complexity index is 1330. The highest BCUT2D eigenvalue weighted by Crippen LogP contribution is 2.18. The molecule has 0 aliphatic heterocycles. The Morgan fingerprint density at radius 3 is 0.844 bits per heavy atom. The van der Waals surface area contributed by atoms with Crippen LogP contribution in [0.15, 0.2) is 48.6 Å². The van der Waals surface area contributed by atoms with Gasteiger partial charge in [-0.25, -0.2) is 0 Å². The molecule has 1 atom stereocenters. The first kappa shape index (κ1) is 74.4. The Morgan fingerprint density at radius 2 is 0.519 bits per heavy atom. The maximum absolute atomic E-state index is 12.9. The summed E-state index contributed by atoms with van der Waals surface area (Å²) in [5.74, 6) is -0.877. The smallest absolute Gasteiger partial charge is 0.306 e. The van der Waals surface area contributed by atoms with E-state index in [9.17, 15) is 14.4 Å². The standard InChI is InChI=1S/C71H130O6/c1-4-7-10-13-16-19-22-24-26-28-29-30-31-32-33-34-35-36-37-38-39-40-41-43-44-46-49-52-55-58-61-64-70(73)76-67-68(66-75-69(72)63-60-57-54-51-48-21-18-15-12-9-6-3)77-71(74)65-62-59-56-53-50-47-45-42-27-25-23-20-17-14-11-8-5-2/h8,11,15,17-18,20,25,27,68H,4-7,9-10,12-14,16,19,21-24,26,28-67H2,1-3H3/b11-8-,18-15-,20-17-,27-25-. The number of hydrogen-bond donors (Lipinski definition) is 0. The van der Waals surface area contributed by atoms with Crippen molar-refractivity contribution in [1.82, 2.24) is 0 Å². The van der Waals surface area contributed by atoms with Crippen LogP contribution in [0.2, 0.25) is 0 Å². The quantitative estimate of drug-likeness (QED) is 0.0261. The number of rotatable bonds is 63. The fourth-order valence-corrected chi connectivity index (χ4v) is 10.2. The van der Waals surface area contributed by atoms with E-state index in [4.69, 9.17) is 14.2 Å². The van der Waals surface area contributed by atoms with Gasteiger partial charge in [-0.2, -0.15) is 0 Å². The third kappa shape index (κ3) is 64.1. The van der Waals surface area contributed by atoms with Crippen LogP contribution < -0.4 is 0 Å². The lowest BCUT2D eigenvalue weighted by Gasteiger charge is -2.18. The molecule has 0 aromatic carbocycles. The first-order chi connectivity index (χ1) is 38.0. The second-order valence-corrected chi connectivity index (χ2v) is 23.1. The van der Waals surface area contributed by atoms with Crippen LogP contribution in [0.3, 0.4) is 0 Å². The minimum absolute atomic E-state index is 0.0765. The Labute approximate surface area is 479 Å². The average molecular weight is 1080 g/mol. The molecule has 450 valence electrons. The number of ether oxygens (including phenoxy) is 3. The largest absolute Gasteiger partial charge is 0.462 e. The molecule has 77 heavy (non-hydrogen) atoms. The second-order valence-electron chi connectivity index (χ2n) is 23.1. The number of allylic oxidation sites excluding steroid dienone is 8. The van der Waals surface area contributed by atoms with Crippen molar-refractivity contribution in [3.63, 3.8) is 0 Å². The first-order valence-corrected chi connectivity index (χ1v) is 34.1. The van der Waals surface area contributed by atoms with Gasteiger partial charge in [0.1, 0.15) is 13.2 Å². The molecule has 0 bridgehead atoms. The van der Waals surface area contributed by atoms with Gasteiger partial charge in [-0.15, -0.1) is 0 Å². The van der Waals surface area contributed by atoms with E-state index < -0.39 is 6.10 Å². The molecular weight excluding hydrogens is 949 g/mol. The van der Waals surface area contributed by atoms with E-state index in [-0.39, 0.29) is 31.1 Å². The van der Waals surface area contributed by atoms with Crippen LogP contribution in [-0.4, -0.2) is 37.2 Å². The maximum Gasteiger partial charge on any atom is 0.306 e. The highest BCUT2D eigenvalue weighted by molar-refractivity contribution is 5.71. The summed E-state index contributed by atoms with van der Waals surface area (Å²) < 4.78 is 16.9. The van der Waals surface area contributed by atoms with Crippen molar-refractivity contribution >= 4 is 17.9 Å². The molecule has 0 radical (unpaired) electrons. The number of carbonyl (C=O) groups is 3. The lowest BCUT2D eigenvalue weighted by molar-refractivity contribution is -0.167. The van der Waals surface area contributed by atoms with Gasteiger partial charge in [0.15, 0.2) is 6.10 Å². The predicted octanol–water partition coefficient (Wildman–Crippen LogP) is 23.3. The molecule has 0 fully saturated rings. The molecule has 0 aliphatic rings. The molecular formula is C71H130O6. The Kier molecular flexibility index (Phi) is 63.6. The van der Waals surface area contributed by atoms with Crippen molar-refractivity contribution in [1.29, 1.82) is 0 Å². The summed E-state index contributed by atoms with van der Waals surface area (Å²) in [5, 5.41) is 0. The predicted molar refractivity (Wildman–Crippen MR) is 335 cm³/mol. The zero-order valence-corrected chi connectivity index (χ0v) is 51.7. The number of hydrogen-bond acceptors (Lipinski definition) is 6. The van der Waals surface area contributed by atoms with Gasteiger partial charge < -0.3 is 14.2 Å². The molecule has 0 aromatic rings.